The van der Waals surface area contributed by atoms with Gasteiger partial charge in [-0.15, -0.1) is 11.3 Å². The summed E-state index contributed by atoms with van der Waals surface area (Å²) in [6, 6.07) is 5.35. The van der Waals surface area contributed by atoms with E-state index in [4.69, 9.17) is 23.2 Å². The van der Waals surface area contributed by atoms with Crippen LogP contribution in [0.25, 0.3) is 0 Å². The Morgan fingerprint density at radius 3 is 2.65 bits per heavy atom. The van der Waals surface area contributed by atoms with E-state index in [9.17, 15) is 4.79 Å². The Labute approximate surface area is 168 Å². The number of benzene rings is 1. The largest absolute Gasteiger partial charge is 0.353 e. The van der Waals surface area contributed by atoms with Crippen molar-refractivity contribution in [1.29, 1.82) is 0 Å². The first kappa shape index (κ1) is 18.1. The fourth-order valence-corrected chi connectivity index (χ4v) is 5.80. The summed E-state index contributed by atoms with van der Waals surface area (Å²) in [7, 11) is 0. The van der Waals surface area contributed by atoms with Crippen LogP contribution in [0.3, 0.4) is 0 Å². The minimum Gasteiger partial charge on any atom is -0.353 e. The van der Waals surface area contributed by atoms with Gasteiger partial charge >= 0.3 is 0 Å². The minimum absolute atomic E-state index is 0.0125. The second kappa shape index (κ2) is 6.43. The molecule has 1 aliphatic heterocycles. The second-order valence-electron chi connectivity index (χ2n) is 8.23. The van der Waals surface area contributed by atoms with Gasteiger partial charge < -0.3 is 10.6 Å². The van der Waals surface area contributed by atoms with Crippen LogP contribution in [0, 0.1) is 11.3 Å². The smallest absolute Gasteiger partial charge is 0.256 e. The van der Waals surface area contributed by atoms with Crippen molar-refractivity contribution in [3.8, 4) is 0 Å². The molecule has 2 aromatic rings. The van der Waals surface area contributed by atoms with E-state index in [-0.39, 0.29) is 17.5 Å². The van der Waals surface area contributed by atoms with Gasteiger partial charge in [0.2, 0.25) is 0 Å². The highest BCUT2D eigenvalue weighted by atomic mass is 35.5. The minimum atomic E-state index is -0.335. The van der Waals surface area contributed by atoms with E-state index in [0.717, 1.165) is 35.4 Å². The number of nitrogens with one attached hydrogen (secondary N) is 2. The average molecular weight is 409 g/mol. The maximum absolute atomic E-state index is 12.8. The summed E-state index contributed by atoms with van der Waals surface area (Å²) in [5.41, 5.74) is 3.18. The number of thiophene rings is 1. The fourth-order valence-electron chi connectivity index (χ4n) is 3.93. The lowest BCUT2D eigenvalue weighted by atomic mass is 9.72. The standard InChI is InChI=1S/C20H22Cl2N2OS/c1-20(2,3)10-4-6-13-15(8-10)26-19-16(13)18(25)23-17(24-19)12-7-5-11(21)9-14(12)22/h5,7,9-10,17,24H,4,6,8H2,1-3H3,(H,23,25)/t10-,17-/m0/s1. The van der Waals surface area contributed by atoms with E-state index in [2.05, 4.69) is 31.4 Å². The van der Waals surface area contributed by atoms with Crippen LogP contribution in [-0.4, -0.2) is 5.91 Å². The van der Waals surface area contributed by atoms with E-state index in [1.807, 2.05) is 6.07 Å². The van der Waals surface area contributed by atoms with Crippen molar-refractivity contribution in [3.05, 3.63) is 49.8 Å². The molecule has 0 bridgehead atoms. The molecule has 2 atom stereocenters. The van der Waals surface area contributed by atoms with Crippen LogP contribution in [0.5, 0.6) is 0 Å². The molecule has 0 saturated heterocycles. The molecule has 0 radical (unpaired) electrons. The van der Waals surface area contributed by atoms with Crippen molar-refractivity contribution < 1.29 is 4.79 Å². The molecule has 0 fully saturated rings. The summed E-state index contributed by atoms with van der Waals surface area (Å²) in [5.74, 6) is 0.640. The molecule has 26 heavy (non-hydrogen) atoms. The molecule has 3 nitrogen and oxygen atoms in total. The van der Waals surface area contributed by atoms with Gasteiger partial charge in [0.05, 0.1) is 5.56 Å². The number of fused-ring (bicyclic) bond motifs is 3. The summed E-state index contributed by atoms with van der Waals surface area (Å²) in [6.07, 6.45) is 2.83. The van der Waals surface area contributed by atoms with Gasteiger partial charge in [0.15, 0.2) is 0 Å². The Balaban J connectivity index is 1.66. The number of rotatable bonds is 1. The Kier molecular flexibility index (Phi) is 4.49. The Hall–Kier alpha value is -1.23. The van der Waals surface area contributed by atoms with Crippen LogP contribution < -0.4 is 10.6 Å². The third-order valence-electron chi connectivity index (χ3n) is 5.54. The van der Waals surface area contributed by atoms with E-state index in [1.165, 1.54) is 10.4 Å². The topological polar surface area (TPSA) is 41.1 Å². The van der Waals surface area contributed by atoms with Crippen molar-refractivity contribution in [2.75, 3.05) is 5.32 Å². The molecule has 2 aliphatic rings. The maximum atomic E-state index is 12.8. The lowest BCUT2D eigenvalue weighted by Crippen LogP contribution is -2.38. The normalized spacial score (nSPS) is 22.3. The molecule has 1 aromatic carbocycles. The molecule has 0 saturated carbocycles. The predicted molar refractivity (Wildman–Crippen MR) is 110 cm³/mol. The summed E-state index contributed by atoms with van der Waals surface area (Å²) < 4.78 is 0. The molecule has 4 rings (SSSR count). The van der Waals surface area contributed by atoms with Gasteiger partial charge in [-0.05, 0) is 48.3 Å². The Morgan fingerprint density at radius 2 is 1.96 bits per heavy atom. The molecule has 2 N–H and O–H groups in total. The van der Waals surface area contributed by atoms with Crippen molar-refractivity contribution >= 4 is 45.4 Å². The summed E-state index contributed by atoms with van der Waals surface area (Å²) in [6.45, 7) is 6.92. The molecule has 1 aliphatic carbocycles. The molecule has 1 aromatic heterocycles. The first-order valence-electron chi connectivity index (χ1n) is 8.91. The highest BCUT2D eigenvalue weighted by Crippen LogP contribution is 2.46. The quantitative estimate of drug-likeness (QED) is 0.601. The first-order chi connectivity index (χ1) is 12.2. The third kappa shape index (κ3) is 3.12. The van der Waals surface area contributed by atoms with Crippen molar-refractivity contribution in [2.45, 2.75) is 46.2 Å². The van der Waals surface area contributed by atoms with Crippen molar-refractivity contribution in [1.82, 2.24) is 5.32 Å². The molecule has 0 unspecified atom stereocenters. The number of anilines is 1. The second-order valence-corrected chi connectivity index (χ2v) is 10.2. The summed E-state index contributed by atoms with van der Waals surface area (Å²) >= 11 is 14.1. The molecule has 0 spiro atoms. The van der Waals surface area contributed by atoms with Gasteiger partial charge in [0.1, 0.15) is 11.2 Å². The molecule has 1 amide bonds. The summed E-state index contributed by atoms with van der Waals surface area (Å²) in [5, 5.41) is 8.63. The van der Waals surface area contributed by atoms with Gasteiger partial charge in [0, 0.05) is 20.5 Å². The number of amides is 1. The molecule has 138 valence electrons. The van der Waals surface area contributed by atoms with Crippen LogP contribution in [0.4, 0.5) is 5.00 Å². The molecule has 2 heterocycles. The van der Waals surface area contributed by atoms with Crippen LogP contribution in [0.1, 0.15) is 59.7 Å². The SMILES string of the molecule is CC(C)(C)[C@H]1CCc2c(sc3c2C(=O)N[C@H](c2ccc(Cl)cc2Cl)N3)C1. The Bertz CT molecular complexity index is 885. The molecular weight excluding hydrogens is 387 g/mol. The highest BCUT2D eigenvalue weighted by molar-refractivity contribution is 7.16. The fraction of sp³-hybridized carbons (Fsp3) is 0.450. The van der Waals surface area contributed by atoms with E-state index in [0.29, 0.717) is 16.0 Å². The number of carbonyl (C=O) groups is 1. The van der Waals surface area contributed by atoms with Gasteiger partial charge in [-0.25, -0.2) is 0 Å². The number of hydrogen-bond acceptors (Lipinski definition) is 3. The highest BCUT2D eigenvalue weighted by Gasteiger charge is 2.36. The van der Waals surface area contributed by atoms with Crippen molar-refractivity contribution in [3.63, 3.8) is 0 Å². The Morgan fingerprint density at radius 1 is 1.19 bits per heavy atom. The van der Waals surface area contributed by atoms with Crippen molar-refractivity contribution in [2.24, 2.45) is 11.3 Å². The lowest BCUT2D eigenvalue weighted by molar-refractivity contribution is 0.0935. The first-order valence-corrected chi connectivity index (χ1v) is 10.5. The van der Waals surface area contributed by atoms with Gasteiger partial charge in [0.25, 0.3) is 5.91 Å². The number of carbonyl (C=O) groups excluding carboxylic acids is 1. The average Bonchev–Trinajstić information content (AvgIpc) is 2.91. The molecule has 6 heteroatoms. The maximum Gasteiger partial charge on any atom is 0.256 e. The predicted octanol–water partition coefficient (Wildman–Crippen LogP) is 6.06. The van der Waals surface area contributed by atoms with E-state index >= 15 is 0 Å². The van der Waals surface area contributed by atoms with Crippen LogP contribution >= 0.6 is 34.5 Å². The van der Waals surface area contributed by atoms with Gasteiger partial charge in [-0.2, -0.15) is 0 Å². The van der Waals surface area contributed by atoms with E-state index in [1.54, 1.807) is 23.5 Å². The zero-order chi connectivity index (χ0) is 18.6. The zero-order valence-electron chi connectivity index (χ0n) is 15.1. The number of halogens is 2. The third-order valence-corrected chi connectivity index (χ3v) is 7.29. The van der Waals surface area contributed by atoms with Gasteiger partial charge in [-0.3, -0.25) is 4.79 Å². The van der Waals surface area contributed by atoms with E-state index < -0.39 is 0 Å². The van der Waals surface area contributed by atoms with Gasteiger partial charge in [-0.1, -0.05) is 50.0 Å². The number of hydrogen-bond donors (Lipinski definition) is 2. The van der Waals surface area contributed by atoms with Crippen LogP contribution in [0.2, 0.25) is 10.0 Å². The monoisotopic (exact) mass is 408 g/mol. The zero-order valence-corrected chi connectivity index (χ0v) is 17.4. The molecular formula is C20H22Cl2N2OS. The summed E-state index contributed by atoms with van der Waals surface area (Å²) in [4.78, 5) is 14.2. The lowest BCUT2D eigenvalue weighted by Gasteiger charge is -2.34. The van der Waals surface area contributed by atoms with Crippen LogP contribution in [0.15, 0.2) is 18.2 Å². The van der Waals surface area contributed by atoms with Crippen LogP contribution in [-0.2, 0) is 12.8 Å².